The molecule has 27 heavy (non-hydrogen) atoms. The maximum atomic E-state index is 13.8. The van der Waals surface area contributed by atoms with Crippen LogP contribution in [0.5, 0.6) is 0 Å². The van der Waals surface area contributed by atoms with Crippen molar-refractivity contribution in [1.82, 2.24) is 4.98 Å². The molecule has 1 aromatic heterocycles. The standard InChI is InChI=1S/C21H18ClFN2OS/c22-17-6-3-7-18(23)16(17)11-20(26)25-21-24-19(12-27-21)15-9-8-13-4-1-2-5-14(13)10-15/h3,6-10,12H,1-2,4-5,11H2,(H,24,25,26). The third-order valence-electron chi connectivity index (χ3n) is 4.79. The number of carbonyl (C=O) groups excluding carboxylic acids is 1. The molecule has 4 rings (SSSR count). The van der Waals surface area contributed by atoms with E-state index in [0.717, 1.165) is 24.1 Å². The van der Waals surface area contributed by atoms with E-state index in [1.54, 1.807) is 6.07 Å². The van der Waals surface area contributed by atoms with Crippen LogP contribution in [0.15, 0.2) is 41.8 Å². The highest BCUT2D eigenvalue weighted by molar-refractivity contribution is 7.14. The molecule has 1 aliphatic carbocycles. The van der Waals surface area contributed by atoms with Crippen molar-refractivity contribution in [2.24, 2.45) is 0 Å². The Labute approximate surface area is 166 Å². The zero-order valence-corrected chi connectivity index (χ0v) is 16.2. The Morgan fingerprint density at radius 1 is 1.19 bits per heavy atom. The van der Waals surface area contributed by atoms with Crippen LogP contribution in [0.2, 0.25) is 5.02 Å². The molecule has 3 aromatic rings. The number of hydrogen-bond acceptors (Lipinski definition) is 3. The van der Waals surface area contributed by atoms with Gasteiger partial charge in [0.1, 0.15) is 5.82 Å². The molecule has 6 heteroatoms. The first kappa shape index (κ1) is 18.1. The number of benzene rings is 2. The van der Waals surface area contributed by atoms with Crippen molar-refractivity contribution in [2.45, 2.75) is 32.1 Å². The van der Waals surface area contributed by atoms with Gasteiger partial charge in [-0.2, -0.15) is 0 Å². The summed E-state index contributed by atoms with van der Waals surface area (Å²) in [5, 5.41) is 5.42. The number of fused-ring (bicyclic) bond motifs is 1. The quantitative estimate of drug-likeness (QED) is 0.613. The van der Waals surface area contributed by atoms with Crippen LogP contribution in [0, 0.1) is 5.82 Å². The zero-order valence-electron chi connectivity index (χ0n) is 14.6. The molecule has 1 heterocycles. The second-order valence-corrected chi connectivity index (χ2v) is 7.92. The normalized spacial score (nSPS) is 13.3. The Bertz CT molecular complexity index is 981. The highest BCUT2D eigenvalue weighted by atomic mass is 35.5. The smallest absolute Gasteiger partial charge is 0.230 e. The molecule has 2 aromatic carbocycles. The molecule has 1 aliphatic rings. The monoisotopic (exact) mass is 400 g/mol. The van der Waals surface area contributed by atoms with Crippen LogP contribution >= 0.6 is 22.9 Å². The van der Waals surface area contributed by atoms with Gasteiger partial charge in [0, 0.05) is 21.5 Å². The Balaban J connectivity index is 1.47. The second-order valence-electron chi connectivity index (χ2n) is 6.65. The van der Waals surface area contributed by atoms with Gasteiger partial charge in [-0.15, -0.1) is 11.3 Å². The van der Waals surface area contributed by atoms with Crippen molar-refractivity contribution in [2.75, 3.05) is 5.32 Å². The fourth-order valence-corrected chi connectivity index (χ4v) is 4.35. The molecule has 0 unspecified atom stereocenters. The molecule has 0 aliphatic heterocycles. The lowest BCUT2D eigenvalue weighted by Gasteiger charge is -2.16. The number of thiazole rings is 1. The number of hydrogen-bond donors (Lipinski definition) is 1. The summed E-state index contributed by atoms with van der Waals surface area (Å²) in [7, 11) is 0. The Hall–Kier alpha value is -2.24. The maximum absolute atomic E-state index is 13.8. The molecule has 0 atom stereocenters. The Morgan fingerprint density at radius 3 is 2.81 bits per heavy atom. The summed E-state index contributed by atoms with van der Waals surface area (Å²) in [5.41, 5.74) is 4.92. The van der Waals surface area contributed by atoms with Gasteiger partial charge >= 0.3 is 0 Å². The SMILES string of the molecule is O=C(Cc1c(F)cccc1Cl)Nc1nc(-c2ccc3c(c2)CCCC3)cs1. The predicted octanol–water partition coefficient (Wildman–Crippen LogP) is 5.66. The van der Waals surface area contributed by atoms with Gasteiger partial charge < -0.3 is 5.32 Å². The first-order valence-electron chi connectivity index (χ1n) is 8.90. The van der Waals surface area contributed by atoms with Crippen LogP contribution in [0.4, 0.5) is 9.52 Å². The molecule has 1 amide bonds. The molecule has 138 valence electrons. The largest absolute Gasteiger partial charge is 0.302 e. The third kappa shape index (κ3) is 4.04. The number of nitrogens with zero attached hydrogens (tertiary/aromatic N) is 1. The first-order valence-corrected chi connectivity index (χ1v) is 10.2. The van der Waals surface area contributed by atoms with E-state index in [-0.39, 0.29) is 22.9 Å². The van der Waals surface area contributed by atoms with Crippen LogP contribution < -0.4 is 5.32 Å². The van der Waals surface area contributed by atoms with Gasteiger partial charge in [-0.1, -0.05) is 29.8 Å². The lowest BCUT2D eigenvalue weighted by atomic mass is 9.90. The molecule has 1 N–H and O–H groups in total. The minimum absolute atomic E-state index is 0.126. The molecular formula is C21H18ClFN2OS. The van der Waals surface area contributed by atoms with Crippen molar-refractivity contribution >= 4 is 34.0 Å². The van der Waals surface area contributed by atoms with Gasteiger partial charge in [0.2, 0.25) is 5.91 Å². The molecule has 0 radical (unpaired) electrons. The van der Waals surface area contributed by atoms with Crippen molar-refractivity contribution in [1.29, 1.82) is 0 Å². The van der Waals surface area contributed by atoms with Crippen LogP contribution in [0.3, 0.4) is 0 Å². The van der Waals surface area contributed by atoms with Crippen molar-refractivity contribution in [3.63, 3.8) is 0 Å². The van der Waals surface area contributed by atoms with Crippen molar-refractivity contribution < 1.29 is 9.18 Å². The van der Waals surface area contributed by atoms with Crippen LogP contribution in [0.25, 0.3) is 11.3 Å². The van der Waals surface area contributed by atoms with Gasteiger partial charge in [-0.25, -0.2) is 9.37 Å². The van der Waals surface area contributed by atoms with Gasteiger partial charge in [0.05, 0.1) is 12.1 Å². The molecule has 0 saturated heterocycles. The molecule has 0 spiro atoms. The van der Waals surface area contributed by atoms with Crippen LogP contribution in [-0.4, -0.2) is 10.9 Å². The van der Waals surface area contributed by atoms with Gasteiger partial charge in [-0.05, 0) is 55.0 Å². The van der Waals surface area contributed by atoms with E-state index < -0.39 is 5.82 Å². The lowest BCUT2D eigenvalue weighted by Crippen LogP contribution is -2.15. The Kier molecular flexibility index (Phi) is 5.23. The van der Waals surface area contributed by atoms with Gasteiger partial charge in [-0.3, -0.25) is 4.79 Å². The summed E-state index contributed by atoms with van der Waals surface area (Å²) < 4.78 is 13.8. The molecule has 3 nitrogen and oxygen atoms in total. The predicted molar refractivity (Wildman–Crippen MR) is 108 cm³/mol. The van der Waals surface area contributed by atoms with E-state index >= 15 is 0 Å². The summed E-state index contributed by atoms with van der Waals surface area (Å²) >= 11 is 7.34. The van der Waals surface area contributed by atoms with Crippen LogP contribution in [0.1, 0.15) is 29.5 Å². The van der Waals surface area contributed by atoms with E-state index in [4.69, 9.17) is 11.6 Å². The summed E-state index contributed by atoms with van der Waals surface area (Å²) in [6, 6.07) is 10.9. The maximum Gasteiger partial charge on any atom is 0.230 e. The Morgan fingerprint density at radius 2 is 2.00 bits per heavy atom. The summed E-state index contributed by atoms with van der Waals surface area (Å²) in [6.07, 6.45) is 4.62. The van der Waals surface area contributed by atoms with Gasteiger partial charge in [0.25, 0.3) is 0 Å². The second kappa shape index (κ2) is 7.79. The number of carbonyl (C=O) groups is 1. The number of anilines is 1. The molecule has 0 saturated carbocycles. The lowest BCUT2D eigenvalue weighted by molar-refractivity contribution is -0.115. The number of aryl methyl sites for hydroxylation is 2. The molecule has 0 fully saturated rings. The summed E-state index contributed by atoms with van der Waals surface area (Å²) in [5.74, 6) is -0.820. The highest BCUT2D eigenvalue weighted by Gasteiger charge is 2.15. The fraction of sp³-hybridized carbons (Fsp3) is 0.238. The number of nitrogens with one attached hydrogen (secondary N) is 1. The van der Waals surface area contributed by atoms with Crippen molar-refractivity contribution in [3.05, 3.63) is 69.3 Å². The zero-order chi connectivity index (χ0) is 18.8. The molecular weight excluding hydrogens is 383 g/mol. The number of rotatable bonds is 4. The average molecular weight is 401 g/mol. The minimum atomic E-state index is -0.480. The van der Waals surface area contributed by atoms with E-state index in [0.29, 0.717) is 5.13 Å². The van der Waals surface area contributed by atoms with Crippen LogP contribution in [-0.2, 0) is 24.1 Å². The van der Waals surface area contributed by atoms with Gasteiger partial charge in [0.15, 0.2) is 5.13 Å². The van der Waals surface area contributed by atoms with E-state index in [2.05, 4.69) is 28.5 Å². The average Bonchev–Trinajstić information content (AvgIpc) is 3.13. The van der Waals surface area contributed by atoms with E-state index in [1.807, 2.05) is 5.38 Å². The number of halogens is 2. The van der Waals surface area contributed by atoms with Crippen molar-refractivity contribution in [3.8, 4) is 11.3 Å². The van der Waals surface area contributed by atoms with E-state index in [9.17, 15) is 9.18 Å². The minimum Gasteiger partial charge on any atom is -0.302 e. The topological polar surface area (TPSA) is 42.0 Å². The molecule has 0 bridgehead atoms. The third-order valence-corrected chi connectivity index (χ3v) is 5.91. The summed E-state index contributed by atoms with van der Waals surface area (Å²) in [6.45, 7) is 0. The van der Waals surface area contributed by atoms with E-state index in [1.165, 1.54) is 47.4 Å². The number of amides is 1. The number of aromatic nitrogens is 1. The summed E-state index contributed by atoms with van der Waals surface area (Å²) in [4.78, 5) is 16.8. The fourth-order valence-electron chi connectivity index (χ4n) is 3.38. The first-order chi connectivity index (χ1) is 13.1. The highest BCUT2D eigenvalue weighted by Crippen LogP contribution is 2.30.